The Hall–Kier alpha value is -1.12. The summed E-state index contributed by atoms with van der Waals surface area (Å²) in [4.78, 5) is 19.4. The van der Waals surface area contributed by atoms with Crippen LogP contribution >= 0.6 is 0 Å². The van der Waals surface area contributed by atoms with Crippen molar-refractivity contribution in [3.05, 3.63) is 12.7 Å². The first-order chi connectivity index (χ1) is 5.22. The van der Waals surface area contributed by atoms with Gasteiger partial charge >= 0.3 is 0 Å². The quantitative estimate of drug-likeness (QED) is 0.488. The van der Waals surface area contributed by atoms with E-state index < -0.39 is 0 Å². The minimum atomic E-state index is -0.144. The van der Waals surface area contributed by atoms with E-state index in [0.717, 1.165) is 12.7 Å². The van der Waals surface area contributed by atoms with Gasteiger partial charge in [0.1, 0.15) is 6.29 Å². The summed E-state index contributed by atoms with van der Waals surface area (Å²) in [6, 6.07) is 0. The topological polar surface area (TPSA) is 46.2 Å². The normalized spacial score (nSPS) is 7.09. The summed E-state index contributed by atoms with van der Waals surface area (Å²) in [6.45, 7) is 5.20. The number of likely N-dealkylation sites (N-methyl/N-ethyl adjacent to an activating group) is 1. The number of unbranched alkanes of at least 4 members (excludes halogenated alkanes) is 1. The zero-order valence-corrected chi connectivity index (χ0v) is 7.09. The van der Waals surface area contributed by atoms with E-state index in [2.05, 4.69) is 11.9 Å². The minimum absolute atomic E-state index is 0.144. The van der Waals surface area contributed by atoms with Gasteiger partial charge in [0.25, 0.3) is 0 Å². The second-order valence-corrected chi connectivity index (χ2v) is 1.77. The standard InChI is InChI=1S/C4H7NO.C4H8O/c1-3-4(6)5-2;1-2-3-4-5/h3H,1H2,2H3,(H,5,6);4H,2-3H2,1H3. The average Bonchev–Trinajstić information content (AvgIpc) is 2.06. The SMILES string of the molecule is C=CC(=O)NC.CCCC=O. The highest BCUT2D eigenvalue weighted by molar-refractivity contribution is 5.86. The van der Waals surface area contributed by atoms with Gasteiger partial charge in [0.2, 0.25) is 5.91 Å². The maximum atomic E-state index is 9.95. The lowest BCUT2D eigenvalue weighted by Crippen LogP contribution is -2.13. The van der Waals surface area contributed by atoms with E-state index in [4.69, 9.17) is 0 Å². The Morgan fingerprint density at radius 2 is 2.18 bits per heavy atom. The summed E-state index contributed by atoms with van der Waals surface area (Å²) in [5.74, 6) is -0.144. The summed E-state index contributed by atoms with van der Waals surface area (Å²) < 4.78 is 0. The third kappa shape index (κ3) is 17.7. The Morgan fingerprint density at radius 3 is 2.18 bits per heavy atom. The maximum absolute atomic E-state index is 9.95. The number of rotatable bonds is 3. The molecule has 0 rings (SSSR count). The molecule has 0 atom stereocenters. The number of carbonyl (C=O) groups excluding carboxylic acids is 2. The zero-order valence-electron chi connectivity index (χ0n) is 7.09. The summed E-state index contributed by atoms with van der Waals surface area (Å²) in [5.41, 5.74) is 0. The van der Waals surface area contributed by atoms with Crippen LogP contribution < -0.4 is 5.32 Å². The molecule has 0 aliphatic carbocycles. The Balaban J connectivity index is 0. The molecular weight excluding hydrogens is 142 g/mol. The van der Waals surface area contributed by atoms with E-state index in [1.54, 1.807) is 7.05 Å². The fraction of sp³-hybridized carbons (Fsp3) is 0.500. The van der Waals surface area contributed by atoms with Crippen molar-refractivity contribution in [3.8, 4) is 0 Å². The number of nitrogens with one attached hydrogen (secondary N) is 1. The molecule has 0 radical (unpaired) electrons. The molecule has 0 aliphatic heterocycles. The summed E-state index contributed by atoms with van der Waals surface area (Å²) in [5, 5.41) is 2.36. The molecule has 0 saturated carbocycles. The van der Waals surface area contributed by atoms with Crippen LogP contribution in [0.5, 0.6) is 0 Å². The van der Waals surface area contributed by atoms with Crippen molar-refractivity contribution in [2.75, 3.05) is 7.05 Å². The van der Waals surface area contributed by atoms with Gasteiger partial charge in [0.05, 0.1) is 0 Å². The molecule has 0 bridgehead atoms. The van der Waals surface area contributed by atoms with Crippen LogP contribution in [0.4, 0.5) is 0 Å². The van der Waals surface area contributed by atoms with Gasteiger partial charge in [0, 0.05) is 13.5 Å². The van der Waals surface area contributed by atoms with Gasteiger partial charge in [-0.2, -0.15) is 0 Å². The molecular formula is C8H15NO2. The number of hydrogen-bond acceptors (Lipinski definition) is 2. The highest BCUT2D eigenvalue weighted by atomic mass is 16.1. The minimum Gasteiger partial charge on any atom is -0.356 e. The van der Waals surface area contributed by atoms with E-state index in [0.29, 0.717) is 6.42 Å². The van der Waals surface area contributed by atoms with Crippen LogP contribution in [0.1, 0.15) is 19.8 Å². The molecule has 0 spiro atoms. The Kier molecular flexibility index (Phi) is 13.3. The highest BCUT2D eigenvalue weighted by Crippen LogP contribution is 1.74. The van der Waals surface area contributed by atoms with Gasteiger partial charge in [0.15, 0.2) is 0 Å². The van der Waals surface area contributed by atoms with Crippen LogP contribution in [0.3, 0.4) is 0 Å². The van der Waals surface area contributed by atoms with E-state index in [1.165, 1.54) is 6.08 Å². The van der Waals surface area contributed by atoms with Crippen LogP contribution in [-0.4, -0.2) is 19.2 Å². The number of carbonyl (C=O) groups is 2. The highest BCUT2D eigenvalue weighted by Gasteiger charge is 1.78. The van der Waals surface area contributed by atoms with Crippen LogP contribution in [0.15, 0.2) is 12.7 Å². The average molecular weight is 157 g/mol. The van der Waals surface area contributed by atoms with Gasteiger partial charge in [-0.3, -0.25) is 4.79 Å². The third-order valence-electron chi connectivity index (χ3n) is 0.838. The second-order valence-electron chi connectivity index (χ2n) is 1.77. The molecule has 1 amide bonds. The van der Waals surface area contributed by atoms with Crippen molar-refractivity contribution in [1.29, 1.82) is 0 Å². The largest absolute Gasteiger partial charge is 0.356 e. The van der Waals surface area contributed by atoms with Gasteiger partial charge in [-0.05, 0) is 12.5 Å². The molecule has 0 heterocycles. The van der Waals surface area contributed by atoms with Crippen molar-refractivity contribution in [2.45, 2.75) is 19.8 Å². The molecule has 0 aliphatic rings. The lowest BCUT2D eigenvalue weighted by atomic mass is 10.4. The molecule has 0 aromatic rings. The molecule has 0 fully saturated rings. The van der Waals surface area contributed by atoms with E-state index in [1.807, 2.05) is 6.92 Å². The summed E-state index contributed by atoms with van der Waals surface area (Å²) in [6.07, 6.45) is 3.84. The van der Waals surface area contributed by atoms with E-state index >= 15 is 0 Å². The third-order valence-corrected chi connectivity index (χ3v) is 0.838. The van der Waals surface area contributed by atoms with Crippen molar-refractivity contribution in [3.63, 3.8) is 0 Å². The first kappa shape index (κ1) is 12.5. The lowest BCUT2D eigenvalue weighted by Gasteiger charge is -1.82. The number of aldehydes is 1. The second kappa shape index (κ2) is 11.6. The molecule has 64 valence electrons. The first-order valence-corrected chi connectivity index (χ1v) is 3.50. The number of amides is 1. The molecule has 0 aromatic heterocycles. The summed E-state index contributed by atoms with van der Waals surface area (Å²) in [7, 11) is 1.56. The van der Waals surface area contributed by atoms with Crippen LogP contribution in [0.2, 0.25) is 0 Å². The monoisotopic (exact) mass is 157 g/mol. The fourth-order valence-electron chi connectivity index (χ4n) is 0.220. The summed E-state index contributed by atoms with van der Waals surface area (Å²) >= 11 is 0. The Morgan fingerprint density at radius 1 is 1.64 bits per heavy atom. The molecule has 0 unspecified atom stereocenters. The number of hydrogen-bond donors (Lipinski definition) is 1. The Bertz CT molecular complexity index is 121. The zero-order chi connectivity index (χ0) is 9.11. The Labute approximate surface area is 67.5 Å². The van der Waals surface area contributed by atoms with Crippen molar-refractivity contribution in [1.82, 2.24) is 5.32 Å². The van der Waals surface area contributed by atoms with Gasteiger partial charge < -0.3 is 10.1 Å². The molecule has 0 saturated heterocycles. The van der Waals surface area contributed by atoms with E-state index in [9.17, 15) is 9.59 Å². The van der Waals surface area contributed by atoms with Crippen LogP contribution in [0, 0.1) is 0 Å². The maximum Gasteiger partial charge on any atom is 0.243 e. The van der Waals surface area contributed by atoms with Crippen molar-refractivity contribution in [2.24, 2.45) is 0 Å². The van der Waals surface area contributed by atoms with Crippen molar-refractivity contribution < 1.29 is 9.59 Å². The predicted molar refractivity (Wildman–Crippen MR) is 45.2 cm³/mol. The lowest BCUT2D eigenvalue weighted by molar-refractivity contribution is -0.116. The molecule has 0 aromatic carbocycles. The van der Waals surface area contributed by atoms with Gasteiger partial charge in [-0.25, -0.2) is 0 Å². The van der Waals surface area contributed by atoms with Crippen LogP contribution in [0.25, 0.3) is 0 Å². The van der Waals surface area contributed by atoms with Crippen molar-refractivity contribution >= 4 is 12.2 Å². The molecule has 3 heteroatoms. The molecule has 3 nitrogen and oxygen atoms in total. The first-order valence-electron chi connectivity index (χ1n) is 3.50. The van der Waals surface area contributed by atoms with Gasteiger partial charge in [-0.1, -0.05) is 13.5 Å². The van der Waals surface area contributed by atoms with Gasteiger partial charge in [-0.15, -0.1) is 0 Å². The molecule has 1 N–H and O–H groups in total. The smallest absolute Gasteiger partial charge is 0.243 e. The fourth-order valence-corrected chi connectivity index (χ4v) is 0.220. The predicted octanol–water partition coefficient (Wildman–Crippen LogP) is 0.904. The van der Waals surface area contributed by atoms with Crippen LogP contribution in [-0.2, 0) is 9.59 Å². The molecule has 11 heavy (non-hydrogen) atoms. The van der Waals surface area contributed by atoms with E-state index in [-0.39, 0.29) is 5.91 Å².